The molecular formula is C13H25N3O. The van der Waals surface area contributed by atoms with Gasteiger partial charge in [0.2, 0.25) is 5.91 Å². The number of carbonyl (C=O) groups excluding carboxylic acids is 1. The number of hydrogen-bond donors (Lipinski definition) is 2. The molecule has 1 heterocycles. The van der Waals surface area contributed by atoms with Gasteiger partial charge in [0, 0.05) is 13.1 Å². The third-order valence-electron chi connectivity index (χ3n) is 4.64. The van der Waals surface area contributed by atoms with Gasteiger partial charge < -0.3 is 16.4 Å². The van der Waals surface area contributed by atoms with Crippen molar-refractivity contribution in [3.8, 4) is 0 Å². The number of nitrogens with two attached hydrogens (primary N) is 2. The van der Waals surface area contributed by atoms with Crippen molar-refractivity contribution in [1.29, 1.82) is 0 Å². The summed E-state index contributed by atoms with van der Waals surface area (Å²) in [6, 6.07) is -0.356. The molecule has 1 aliphatic heterocycles. The summed E-state index contributed by atoms with van der Waals surface area (Å²) in [5, 5.41) is 0. The molecule has 2 aliphatic rings. The van der Waals surface area contributed by atoms with E-state index in [1.807, 2.05) is 4.90 Å². The summed E-state index contributed by atoms with van der Waals surface area (Å²) in [5.41, 5.74) is 11.8. The molecule has 1 atom stereocenters. The van der Waals surface area contributed by atoms with Gasteiger partial charge in [0.05, 0.1) is 6.04 Å². The molecule has 0 radical (unpaired) electrons. The molecule has 0 bridgehead atoms. The van der Waals surface area contributed by atoms with Crippen molar-refractivity contribution in [1.82, 2.24) is 4.90 Å². The summed E-state index contributed by atoms with van der Waals surface area (Å²) in [7, 11) is 0. The van der Waals surface area contributed by atoms with Crippen LogP contribution >= 0.6 is 0 Å². The molecule has 4 heteroatoms. The number of likely N-dealkylation sites (tertiary alicyclic amines) is 1. The predicted molar refractivity (Wildman–Crippen MR) is 68.3 cm³/mol. The monoisotopic (exact) mass is 239 g/mol. The van der Waals surface area contributed by atoms with E-state index in [4.69, 9.17) is 11.5 Å². The van der Waals surface area contributed by atoms with Crippen LogP contribution in [0.3, 0.4) is 0 Å². The molecule has 98 valence electrons. The van der Waals surface area contributed by atoms with Crippen molar-refractivity contribution in [3.63, 3.8) is 0 Å². The van der Waals surface area contributed by atoms with Crippen LogP contribution in [0.4, 0.5) is 0 Å². The lowest BCUT2D eigenvalue weighted by Gasteiger charge is -2.37. The second kappa shape index (κ2) is 4.94. The first kappa shape index (κ1) is 12.8. The third kappa shape index (κ3) is 2.63. The first-order valence-corrected chi connectivity index (χ1v) is 6.81. The number of rotatable bonds is 2. The van der Waals surface area contributed by atoms with Crippen LogP contribution in [0.15, 0.2) is 0 Å². The van der Waals surface area contributed by atoms with Crippen molar-refractivity contribution >= 4 is 5.91 Å². The van der Waals surface area contributed by atoms with Gasteiger partial charge in [-0.05, 0) is 56.9 Å². The molecule has 2 rings (SSSR count). The van der Waals surface area contributed by atoms with Crippen LogP contribution in [0, 0.1) is 11.3 Å². The van der Waals surface area contributed by atoms with Gasteiger partial charge in [0.25, 0.3) is 0 Å². The van der Waals surface area contributed by atoms with Crippen molar-refractivity contribution in [2.45, 2.75) is 45.1 Å². The van der Waals surface area contributed by atoms with E-state index in [9.17, 15) is 4.79 Å². The van der Waals surface area contributed by atoms with Gasteiger partial charge in [-0.1, -0.05) is 0 Å². The van der Waals surface area contributed by atoms with Gasteiger partial charge >= 0.3 is 0 Å². The van der Waals surface area contributed by atoms with Crippen molar-refractivity contribution in [2.24, 2.45) is 22.8 Å². The Labute approximate surface area is 104 Å². The molecule has 1 unspecified atom stereocenters. The van der Waals surface area contributed by atoms with Crippen LogP contribution < -0.4 is 11.5 Å². The molecule has 2 fully saturated rings. The molecule has 4 nitrogen and oxygen atoms in total. The fourth-order valence-electron chi connectivity index (χ4n) is 3.34. The number of amides is 1. The lowest BCUT2D eigenvalue weighted by molar-refractivity contribution is -0.131. The highest BCUT2D eigenvalue weighted by Crippen LogP contribution is 2.45. The number of nitrogens with zero attached hydrogens (tertiary/aromatic N) is 1. The highest BCUT2D eigenvalue weighted by Gasteiger charge is 2.42. The lowest BCUT2D eigenvalue weighted by atomic mass is 9.70. The summed E-state index contributed by atoms with van der Waals surface area (Å²) < 4.78 is 0. The average molecular weight is 239 g/mol. The van der Waals surface area contributed by atoms with E-state index in [0.29, 0.717) is 11.3 Å². The highest BCUT2D eigenvalue weighted by molar-refractivity contribution is 5.81. The van der Waals surface area contributed by atoms with E-state index in [1.165, 1.54) is 25.7 Å². The summed E-state index contributed by atoms with van der Waals surface area (Å²) in [6.07, 6.45) is 6.09. The molecule has 0 aromatic carbocycles. The van der Waals surface area contributed by atoms with Gasteiger partial charge in [0.1, 0.15) is 0 Å². The van der Waals surface area contributed by atoms with Gasteiger partial charge in [0.15, 0.2) is 0 Å². The van der Waals surface area contributed by atoms with Crippen LogP contribution in [-0.4, -0.2) is 36.5 Å². The van der Waals surface area contributed by atoms with E-state index in [2.05, 4.69) is 0 Å². The van der Waals surface area contributed by atoms with Crippen LogP contribution in [-0.2, 0) is 4.79 Å². The minimum atomic E-state index is -0.356. The van der Waals surface area contributed by atoms with Crippen LogP contribution in [0.1, 0.15) is 39.0 Å². The van der Waals surface area contributed by atoms with E-state index in [0.717, 1.165) is 26.1 Å². The van der Waals surface area contributed by atoms with Crippen LogP contribution in [0.2, 0.25) is 0 Å². The van der Waals surface area contributed by atoms with E-state index in [1.54, 1.807) is 6.92 Å². The third-order valence-corrected chi connectivity index (χ3v) is 4.64. The van der Waals surface area contributed by atoms with Crippen LogP contribution in [0.25, 0.3) is 0 Å². The zero-order valence-electron chi connectivity index (χ0n) is 10.8. The maximum atomic E-state index is 11.9. The Kier molecular flexibility index (Phi) is 3.73. The molecular weight excluding hydrogens is 214 g/mol. The zero-order chi connectivity index (χ0) is 12.5. The summed E-state index contributed by atoms with van der Waals surface area (Å²) in [4.78, 5) is 13.8. The Hall–Kier alpha value is -0.610. The van der Waals surface area contributed by atoms with E-state index < -0.39 is 0 Å². The Morgan fingerprint density at radius 1 is 1.41 bits per heavy atom. The first-order valence-electron chi connectivity index (χ1n) is 6.81. The number of carbonyl (C=O) groups is 1. The molecule has 1 amide bonds. The topological polar surface area (TPSA) is 72.4 Å². The normalized spacial score (nSPS) is 35.2. The first-order chi connectivity index (χ1) is 8.06. The average Bonchev–Trinajstić information content (AvgIpc) is 2.73. The second-order valence-electron chi connectivity index (χ2n) is 5.98. The zero-order valence-corrected chi connectivity index (χ0v) is 10.8. The van der Waals surface area contributed by atoms with Crippen molar-refractivity contribution in [2.75, 3.05) is 19.6 Å². The molecule has 1 aliphatic carbocycles. The molecule has 0 aromatic heterocycles. The van der Waals surface area contributed by atoms with Crippen molar-refractivity contribution in [3.05, 3.63) is 0 Å². The molecule has 4 N–H and O–H groups in total. The Balaban J connectivity index is 1.91. The minimum absolute atomic E-state index is 0.114. The quantitative estimate of drug-likeness (QED) is 0.745. The van der Waals surface area contributed by atoms with Crippen LogP contribution in [0.5, 0.6) is 0 Å². The van der Waals surface area contributed by atoms with Gasteiger partial charge in [-0.15, -0.1) is 0 Å². The van der Waals surface area contributed by atoms with Gasteiger partial charge in [-0.25, -0.2) is 0 Å². The Morgan fingerprint density at radius 2 is 2.06 bits per heavy atom. The highest BCUT2D eigenvalue weighted by atomic mass is 16.2. The maximum absolute atomic E-state index is 11.9. The number of hydrogen-bond acceptors (Lipinski definition) is 3. The summed E-state index contributed by atoms with van der Waals surface area (Å²) in [6.45, 7) is 4.41. The standard InChI is InChI=1S/C13H25N3O/c1-10(15)12(17)16-7-6-13(9-16)4-2-11(8-14)3-5-13/h10-11H,2-9,14-15H2,1H3. The minimum Gasteiger partial charge on any atom is -0.341 e. The fraction of sp³-hybridized carbons (Fsp3) is 0.923. The maximum Gasteiger partial charge on any atom is 0.239 e. The lowest BCUT2D eigenvalue weighted by Crippen LogP contribution is -2.42. The fourth-order valence-corrected chi connectivity index (χ4v) is 3.34. The smallest absolute Gasteiger partial charge is 0.239 e. The largest absolute Gasteiger partial charge is 0.341 e. The Bertz CT molecular complexity index is 282. The molecule has 17 heavy (non-hydrogen) atoms. The van der Waals surface area contributed by atoms with Gasteiger partial charge in [-0.3, -0.25) is 4.79 Å². The summed E-state index contributed by atoms with van der Waals surface area (Å²) in [5.74, 6) is 0.821. The van der Waals surface area contributed by atoms with Crippen molar-refractivity contribution < 1.29 is 4.79 Å². The Morgan fingerprint density at radius 3 is 2.59 bits per heavy atom. The van der Waals surface area contributed by atoms with E-state index >= 15 is 0 Å². The molecule has 0 aromatic rings. The molecule has 1 saturated carbocycles. The second-order valence-corrected chi connectivity index (χ2v) is 5.98. The predicted octanol–water partition coefficient (Wildman–Crippen LogP) is 0.701. The van der Waals surface area contributed by atoms with Gasteiger partial charge in [-0.2, -0.15) is 0 Å². The van der Waals surface area contributed by atoms with E-state index in [-0.39, 0.29) is 11.9 Å². The summed E-state index contributed by atoms with van der Waals surface area (Å²) >= 11 is 0. The molecule has 1 saturated heterocycles. The molecule has 1 spiro atoms. The SMILES string of the molecule is CC(N)C(=O)N1CCC2(CCC(CN)CC2)C1.